The van der Waals surface area contributed by atoms with E-state index in [-0.39, 0.29) is 30.0 Å². The minimum atomic E-state index is -3.45. The van der Waals surface area contributed by atoms with Crippen molar-refractivity contribution in [2.75, 3.05) is 29.9 Å². The Morgan fingerprint density at radius 2 is 1.73 bits per heavy atom. The molecule has 0 spiro atoms. The van der Waals surface area contributed by atoms with Gasteiger partial charge in [0, 0.05) is 19.0 Å². The van der Waals surface area contributed by atoms with E-state index in [4.69, 9.17) is 0 Å². The lowest BCUT2D eigenvalue weighted by molar-refractivity contribution is -0.125. The summed E-state index contributed by atoms with van der Waals surface area (Å²) in [5.74, 6) is -0.666. The minimum absolute atomic E-state index is 0.0123. The first kappa shape index (κ1) is 20.6. The van der Waals surface area contributed by atoms with Crippen LogP contribution in [-0.4, -0.2) is 44.2 Å². The highest BCUT2D eigenvalue weighted by atomic mass is 32.2. The molecule has 1 saturated heterocycles. The molecule has 0 aliphatic carbocycles. The van der Waals surface area contributed by atoms with Crippen molar-refractivity contribution in [3.8, 4) is 0 Å². The van der Waals surface area contributed by atoms with Crippen LogP contribution in [-0.2, 0) is 25.4 Å². The third-order valence-electron chi connectivity index (χ3n) is 5.83. The molecule has 0 radical (unpaired) electrons. The normalized spacial score (nSPS) is 18.0. The number of hydrogen-bond donors (Lipinski definition) is 1. The van der Waals surface area contributed by atoms with E-state index in [9.17, 15) is 18.0 Å². The van der Waals surface area contributed by atoms with E-state index in [2.05, 4.69) is 5.32 Å². The summed E-state index contributed by atoms with van der Waals surface area (Å²) in [6.07, 6.45) is 0.901. The molecular weight excluding hydrogens is 402 g/mol. The van der Waals surface area contributed by atoms with E-state index in [0.29, 0.717) is 37.3 Å². The summed E-state index contributed by atoms with van der Waals surface area (Å²) in [5, 5.41) is 2.78. The lowest BCUT2D eigenvalue weighted by atomic mass is 9.95. The van der Waals surface area contributed by atoms with Gasteiger partial charge >= 0.3 is 0 Å². The van der Waals surface area contributed by atoms with Crippen molar-refractivity contribution in [1.82, 2.24) is 4.31 Å². The molecule has 0 unspecified atom stereocenters. The van der Waals surface area contributed by atoms with Gasteiger partial charge in [-0.3, -0.25) is 9.59 Å². The number of piperidine rings is 1. The SMILES string of the molecule is Cc1ccccc1CS(=O)(=O)N1CCC(C(=O)N2CC(=O)Nc3ccccc32)CC1. The average molecular weight is 428 g/mol. The molecule has 158 valence electrons. The van der Waals surface area contributed by atoms with Crippen molar-refractivity contribution in [2.45, 2.75) is 25.5 Å². The van der Waals surface area contributed by atoms with Crippen LogP contribution in [0, 0.1) is 12.8 Å². The first-order valence-corrected chi connectivity index (χ1v) is 11.7. The molecule has 30 heavy (non-hydrogen) atoms. The maximum atomic E-state index is 13.1. The number of nitrogens with zero attached hydrogens (tertiary/aromatic N) is 2. The number of para-hydroxylation sites is 2. The molecule has 2 amide bonds. The summed E-state index contributed by atoms with van der Waals surface area (Å²) >= 11 is 0. The molecule has 1 fully saturated rings. The molecular formula is C22H25N3O4S. The fourth-order valence-electron chi connectivity index (χ4n) is 4.09. The molecule has 8 heteroatoms. The number of rotatable bonds is 4. The maximum Gasteiger partial charge on any atom is 0.244 e. The van der Waals surface area contributed by atoms with Gasteiger partial charge in [0.1, 0.15) is 6.54 Å². The standard InChI is InChI=1S/C22H25N3O4S/c1-16-6-2-3-7-18(16)15-30(28,29)24-12-10-17(11-13-24)22(27)25-14-21(26)23-19-8-4-5-9-20(19)25/h2-9,17H,10-15H2,1H3,(H,23,26). The highest BCUT2D eigenvalue weighted by molar-refractivity contribution is 7.88. The summed E-state index contributed by atoms with van der Waals surface area (Å²) in [7, 11) is -3.45. The molecule has 2 heterocycles. The number of nitrogens with one attached hydrogen (secondary N) is 1. The summed E-state index contributed by atoms with van der Waals surface area (Å²) in [5.41, 5.74) is 3.07. The van der Waals surface area contributed by atoms with Gasteiger partial charge in [-0.15, -0.1) is 0 Å². The molecule has 4 rings (SSSR count). The number of carbonyl (C=O) groups excluding carboxylic acids is 2. The van der Waals surface area contributed by atoms with Crippen molar-refractivity contribution in [3.63, 3.8) is 0 Å². The van der Waals surface area contributed by atoms with E-state index >= 15 is 0 Å². The Labute approximate surface area is 176 Å². The predicted octanol–water partition coefficient (Wildman–Crippen LogP) is 2.52. The first-order chi connectivity index (χ1) is 14.3. The largest absolute Gasteiger partial charge is 0.323 e. The number of benzene rings is 2. The molecule has 0 bridgehead atoms. The summed E-state index contributed by atoms with van der Waals surface area (Å²) < 4.78 is 27.2. The van der Waals surface area contributed by atoms with Crippen LogP contribution in [0.25, 0.3) is 0 Å². The van der Waals surface area contributed by atoms with Crippen molar-refractivity contribution >= 4 is 33.2 Å². The lowest BCUT2D eigenvalue weighted by Crippen LogP contribution is -2.48. The number of hydrogen-bond acceptors (Lipinski definition) is 4. The number of fused-ring (bicyclic) bond motifs is 1. The van der Waals surface area contributed by atoms with Crippen LogP contribution in [0.4, 0.5) is 11.4 Å². The van der Waals surface area contributed by atoms with Crippen molar-refractivity contribution in [3.05, 3.63) is 59.7 Å². The summed E-state index contributed by atoms with van der Waals surface area (Å²) in [6, 6.07) is 14.7. The quantitative estimate of drug-likeness (QED) is 0.812. The van der Waals surface area contributed by atoms with Crippen molar-refractivity contribution < 1.29 is 18.0 Å². The molecule has 2 aromatic rings. The van der Waals surface area contributed by atoms with Gasteiger partial charge < -0.3 is 10.2 Å². The highest BCUT2D eigenvalue weighted by Crippen LogP contribution is 2.32. The van der Waals surface area contributed by atoms with Crippen LogP contribution in [0.3, 0.4) is 0 Å². The van der Waals surface area contributed by atoms with E-state index in [1.165, 1.54) is 9.21 Å². The summed E-state index contributed by atoms with van der Waals surface area (Å²) in [4.78, 5) is 26.7. The zero-order valence-electron chi connectivity index (χ0n) is 16.9. The monoisotopic (exact) mass is 427 g/mol. The van der Waals surface area contributed by atoms with E-state index in [1.807, 2.05) is 49.4 Å². The Morgan fingerprint density at radius 1 is 1.07 bits per heavy atom. The van der Waals surface area contributed by atoms with Crippen LogP contribution in [0.2, 0.25) is 0 Å². The number of aryl methyl sites for hydroxylation is 1. The Bertz CT molecular complexity index is 1080. The molecule has 0 aromatic heterocycles. The number of carbonyl (C=O) groups is 2. The number of anilines is 2. The first-order valence-electron chi connectivity index (χ1n) is 10.1. The minimum Gasteiger partial charge on any atom is -0.323 e. The van der Waals surface area contributed by atoms with Gasteiger partial charge in [-0.05, 0) is 43.0 Å². The van der Waals surface area contributed by atoms with Gasteiger partial charge in [-0.25, -0.2) is 12.7 Å². The van der Waals surface area contributed by atoms with E-state index < -0.39 is 10.0 Å². The van der Waals surface area contributed by atoms with Gasteiger partial charge in [-0.1, -0.05) is 36.4 Å². The third-order valence-corrected chi connectivity index (χ3v) is 7.66. The van der Waals surface area contributed by atoms with Crippen molar-refractivity contribution in [1.29, 1.82) is 0 Å². The molecule has 7 nitrogen and oxygen atoms in total. The van der Waals surface area contributed by atoms with Crippen LogP contribution in [0.5, 0.6) is 0 Å². The fraction of sp³-hybridized carbons (Fsp3) is 0.364. The van der Waals surface area contributed by atoms with E-state index in [1.54, 1.807) is 6.07 Å². The second kappa shape index (κ2) is 8.20. The molecule has 2 aliphatic heterocycles. The smallest absolute Gasteiger partial charge is 0.244 e. The Kier molecular flexibility index (Phi) is 5.62. The van der Waals surface area contributed by atoms with Crippen molar-refractivity contribution in [2.24, 2.45) is 5.92 Å². The van der Waals surface area contributed by atoms with Gasteiger partial charge in [0.2, 0.25) is 21.8 Å². The Morgan fingerprint density at radius 3 is 2.47 bits per heavy atom. The number of amides is 2. The molecule has 2 aliphatic rings. The summed E-state index contributed by atoms with van der Waals surface area (Å²) in [6.45, 7) is 2.52. The Balaban J connectivity index is 1.43. The maximum absolute atomic E-state index is 13.1. The second-order valence-corrected chi connectivity index (χ2v) is 9.81. The van der Waals surface area contributed by atoms with Crippen LogP contribution < -0.4 is 10.2 Å². The molecule has 0 saturated carbocycles. The molecule has 1 N–H and O–H groups in total. The van der Waals surface area contributed by atoms with Crippen LogP contribution >= 0.6 is 0 Å². The van der Waals surface area contributed by atoms with Gasteiger partial charge in [0.25, 0.3) is 0 Å². The predicted molar refractivity (Wildman–Crippen MR) is 116 cm³/mol. The number of sulfonamides is 1. The molecule has 0 atom stereocenters. The lowest BCUT2D eigenvalue weighted by Gasteiger charge is -2.35. The van der Waals surface area contributed by atoms with Gasteiger partial charge in [0.15, 0.2) is 0 Å². The second-order valence-electron chi connectivity index (χ2n) is 7.85. The average Bonchev–Trinajstić information content (AvgIpc) is 2.74. The third kappa shape index (κ3) is 4.11. The highest BCUT2D eigenvalue weighted by Gasteiger charge is 2.36. The van der Waals surface area contributed by atoms with Crippen LogP contribution in [0.1, 0.15) is 24.0 Å². The molecule has 2 aromatic carbocycles. The topological polar surface area (TPSA) is 86.8 Å². The van der Waals surface area contributed by atoms with Gasteiger partial charge in [0.05, 0.1) is 17.1 Å². The zero-order valence-corrected chi connectivity index (χ0v) is 17.7. The fourth-order valence-corrected chi connectivity index (χ4v) is 5.76. The van der Waals surface area contributed by atoms with E-state index in [0.717, 1.165) is 11.1 Å². The van der Waals surface area contributed by atoms with Crippen LogP contribution in [0.15, 0.2) is 48.5 Å². The zero-order chi connectivity index (χ0) is 21.3. The Hall–Kier alpha value is -2.71. The van der Waals surface area contributed by atoms with Gasteiger partial charge in [-0.2, -0.15) is 0 Å².